The lowest BCUT2D eigenvalue weighted by Gasteiger charge is -2.16. The first-order valence-electron chi connectivity index (χ1n) is 5.30. The second-order valence-electron chi connectivity index (χ2n) is 4.17. The summed E-state index contributed by atoms with van der Waals surface area (Å²) in [5, 5.41) is 10.0. The molecule has 3 nitrogen and oxygen atoms in total. The minimum absolute atomic E-state index is 0.220. The van der Waals surface area contributed by atoms with E-state index in [2.05, 4.69) is 15.9 Å². The Bertz CT molecular complexity index is 377. The van der Waals surface area contributed by atoms with E-state index in [1.165, 1.54) is 0 Å². The van der Waals surface area contributed by atoms with Crippen LogP contribution >= 0.6 is 15.9 Å². The highest BCUT2D eigenvalue weighted by atomic mass is 79.9. The molecule has 1 aliphatic rings. The lowest BCUT2D eigenvalue weighted by molar-refractivity contribution is -0.128. The molecule has 0 aliphatic carbocycles. The van der Waals surface area contributed by atoms with Gasteiger partial charge in [-0.3, -0.25) is 4.79 Å². The van der Waals surface area contributed by atoms with Gasteiger partial charge in [0.2, 0.25) is 5.91 Å². The Balaban J connectivity index is 2.00. The van der Waals surface area contributed by atoms with Gasteiger partial charge >= 0.3 is 0 Å². The Morgan fingerprint density at radius 3 is 2.62 bits per heavy atom. The predicted octanol–water partition coefficient (Wildman–Crippen LogP) is 2.14. The van der Waals surface area contributed by atoms with Crippen molar-refractivity contribution in [3.63, 3.8) is 0 Å². The van der Waals surface area contributed by atoms with E-state index in [1.54, 1.807) is 12.1 Å². The third-order valence-corrected chi connectivity index (χ3v) is 3.74. The zero-order valence-corrected chi connectivity index (χ0v) is 10.5. The minimum Gasteiger partial charge on any atom is -0.508 e. The number of amides is 1. The van der Waals surface area contributed by atoms with Crippen LogP contribution in [0.25, 0.3) is 0 Å². The smallest absolute Gasteiger partial charge is 0.223 e. The summed E-state index contributed by atoms with van der Waals surface area (Å²) in [6.45, 7) is 1.47. The van der Waals surface area contributed by atoms with Gasteiger partial charge in [-0.1, -0.05) is 28.1 Å². The van der Waals surface area contributed by atoms with Crippen molar-refractivity contribution in [1.29, 1.82) is 0 Å². The number of likely N-dealkylation sites (tertiary alicyclic amines) is 1. The van der Waals surface area contributed by atoms with Crippen molar-refractivity contribution < 1.29 is 9.90 Å². The fraction of sp³-hybridized carbons (Fsp3) is 0.417. The highest BCUT2D eigenvalue weighted by Gasteiger charge is 2.28. The van der Waals surface area contributed by atoms with Gasteiger partial charge in [0.1, 0.15) is 5.75 Å². The highest BCUT2D eigenvalue weighted by Crippen LogP contribution is 2.22. The summed E-state index contributed by atoms with van der Waals surface area (Å²) in [5.41, 5.74) is 1.06. The molecule has 1 aromatic rings. The predicted molar refractivity (Wildman–Crippen MR) is 65.4 cm³/mol. The maximum Gasteiger partial charge on any atom is 0.223 e. The number of alkyl halides is 1. The molecule has 0 spiro atoms. The molecular formula is C12H14BrNO2. The maximum absolute atomic E-state index is 11.7. The number of nitrogens with zero attached hydrogens (tertiary/aromatic N) is 1. The third kappa shape index (κ3) is 2.55. The van der Waals surface area contributed by atoms with Gasteiger partial charge in [0.05, 0.1) is 0 Å². The Labute approximate surface area is 103 Å². The van der Waals surface area contributed by atoms with Gasteiger partial charge < -0.3 is 10.0 Å². The number of aromatic hydroxyl groups is 1. The molecule has 2 rings (SSSR count). The summed E-state index contributed by atoms with van der Waals surface area (Å²) in [6, 6.07) is 7.00. The fourth-order valence-corrected chi connectivity index (χ4v) is 2.37. The molecule has 1 unspecified atom stereocenters. The van der Waals surface area contributed by atoms with Gasteiger partial charge in [-0.15, -0.1) is 0 Å². The lowest BCUT2D eigenvalue weighted by Crippen LogP contribution is -2.24. The van der Waals surface area contributed by atoms with Gasteiger partial charge in [-0.05, 0) is 23.6 Å². The largest absolute Gasteiger partial charge is 0.508 e. The first kappa shape index (κ1) is 11.5. The normalized spacial score (nSPS) is 20.4. The number of halogens is 1. The van der Waals surface area contributed by atoms with Gasteiger partial charge in [0.15, 0.2) is 0 Å². The standard InChI is InChI=1S/C12H14BrNO2/c13-6-10-5-12(16)14(8-10)7-9-1-3-11(15)4-2-9/h1-4,10,15H,5-8H2. The number of phenolic OH excluding ortho intramolecular Hbond substituents is 1. The van der Waals surface area contributed by atoms with Crippen LogP contribution in [-0.4, -0.2) is 27.8 Å². The van der Waals surface area contributed by atoms with Crippen LogP contribution in [0.5, 0.6) is 5.75 Å². The van der Waals surface area contributed by atoms with Crippen molar-refractivity contribution in [2.45, 2.75) is 13.0 Å². The molecule has 1 fully saturated rings. The van der Waals surface area contributed by atoms with Gasteiger partial charge in [0.25, 0.3) is 0 Å². The molecule has 1 amide bonds. The number of hydrogen-bond donors (Lipinski definition) is 1. The van der Waals surface area contributed by atoms with E-state index in [0.717, 1.165) is 17.4 Å². The second-order valence-corrected chi connectivity index (χ2v) is 4.81. The molecule has 1 aromatic carbocycles. The Morgan fingerprint density at radius 2 is 2.06 bits per heavy atom. The van der Waals surface area contributed by atoms with Crippen molar-refractivity contribution in [2.24, 2.45) is 5.92 Å². The van der Waals surface area contributed by atoms with E-state index in [1.807, 2.05) is 17.0 Å². The second kappa shape index (κ2) is 4.87. The van der Waals surface area contributed by atoms with Crippen LogP contribution in [0.3, 0.4) is 0 Å². The lowest BCUT2D eigenvalue weighted by atomic mass is 10.2. The van der Waals surface area contributed by atoms with E-state index < -0.39 is 0 Å². The highest BCUT2D eigenvalue weighted by molar-refractivity contribution is 9.09. The number of phenols is 1. The van der Waals surface area contributed by atoms with E-state index in [9.17, 15) is 4.79 Å². The fourth-order valence-electron chi connectivity index (χ4n) is 1.93. The molecule has 4 heteroatoms. The molecule has 1 saturated heterocycles. The van der Waals surface area contributed by atoms with Crippen LogP contribution in [-0.2, 0) is 11.3 Å². The average Bonchev–Trinajstić information content (AvgIpc) is 2.63. The first-order chi connectivity index (χ1) is 7.69. The van der Waals surface area contributed by atoms with Crippen LogP contribution in [0.15, 0.2) is 24.3 Å². The number of hydrogen-bond acceptors (Lipinski definition) is 2. The molecule has 0 bridgehead atoms. The summed E-state index contributed by atoms with van der Waals surface area (Å²) < 4.78 is 0. The summed E-state index contributed by atoms with van der Waals surface area (Å²) in [6.07, 6.45) is 0.642. The van der Waals surface area contributed by atoms with Crippen LogP contribution in [0.4, 0.5) is 0 Å². The van der Waals surface area contributed by atoms with Crippen LogP contribution in [0.1, 0.15) is 12.0 Å². The maximum atomic E-state index is 11.7. The first-order valence-corrected chi connectivity index (χ1v) is 6.43. The van der Waals surface area contributed by atoms with Gasteiger partial charge in [0, 0.05) is 24.8 Å². The van der Waals surface area contributed by atoms with Crippen molar-refractivity contribution in [2.75, 3.05) is 11.9 Å². The molecule has 1 heterocycles. The minimum atomic E-state index is 0.220. The summed E-state index contributed by atoms with van der Waals surface area (Å²) >= 11 is 3.41. The number of carbonyl (C=O) groups excluding carboxylic acids is 1. The monoisotopic (exact) mass is 283 g/mol. The molecule has 0 radical (unpaired) electrons. The van der Waals surface area contributed by atoms with E-state index in [-0.39, 0.29) is 11.7 Å². The van der Waals surface area contributed by atoms with Crippen molar-refractivity contribution in [3.05, 3.63) is 29.8 Å². The molecule has 1 aliphatic heterocycles. The zero-order chi connectivity index (χ0) is 11.5. The average molecular weight is 284 g/mol. The van der Waals surface area contributed by atoms with Crippen molar-refractivity contribution >= 4 is 21.8 Å². The van der Waals surface area contributed by atoms with Crippen LogP contribution < -0.4 is 0 Å². The van der Waals surface area contributed by atoms with Gasteiger partial charge in [-0.2, -0.15) is 0 Å². The zero-order valence-electron chi connectivity index (χ0n) is 8.90. The summed E-state index contributed by atoms with van der Waals surface area (Å²) in [5.74, 6) is 0.914. The molecule has 16 heavy (non-hydrogen) atoms. The van der Waals surface area contributed by atoms with Crippen LogP contribution in [0.2, 0.25) is 0 Å². The topological polar surface area (TPSA) is 40.5 Å². The van der Waals surface area contributed by atoms with E-state index in [0.29, 0.717) is 18.9 Å². The molecule has 1 atom stereocenters. The SMILES string of the molecule is O=C1CC(CBr)CN1Cc1ccc(O)cc1. The third-order valence-electron chi connectivity index (χ3n) is 2.82. The Hall–Kier alpha value is -1.03. The van der Waals surface area contributed by atoms with Crippen molar-refractivity contribution in [3.8, 4) is 5.75 Å². The number of carbonyl (C=O) groups is 1. The molecule has 0 aromatic heterocycles. The Kier molecular flexibility index (Phi) is 3.49. The Morgan fingerprint density at radius 1 is 1.38 bits per heavy atom. The van der Waals surface area contributed by atoms with Crippen molar-refractivity contribution in [1.82, 2.24) is 4.90 Å². The summed E-state index contributed by atoms with van der Waals surface area (Å²) in [4.78, 5) is 13.5. The van der Waals surface area contributed by atoms with E-state index >= 15 is 0 Å². The number of benzene rings is 1. The number of rotatable bonds is 3. The van der Waals surface area contributed by atoms with Gasteiger partial charge in [-0.25, -0.2) is 0 Å². The molecular weight excluding hydrogens is 270 g/mol. The summed E-state index contributed by atoms with van der Waals surface area (Å²) in [7, 11) is 0. The van der Waals surface area contributed by atoms with Crippen LogP contribution in [0, 0.1) is 5.92 Å². The van der Waals surface area contributed by atoms with E-state index in [4.69, 9.17) is 5.11 Å². The molecule has 0 saturated carbocycles. The molecule has 86 valence electrons. The molecule has 1 N–H and O–H groups in total. The quantitative estimate of drug-likeness (QED) is 0.864.